The SMILES string of the molecule is CC(CCNC(C1CC1)C1CC1)S(C)=O. The van der Waals surface area contributed by atoms with E-state index in [0.29, 0.717) is 5.25 Å². The first-order valence-electron chi connectivity index (χ1n) is 6.24. The lowest BCUT2D eigenvalue weighted by Gasteiger charge is -2.18. The smallest absolute Gasteiger partial charge is 0.0329 e. The molecule has 2 atom stereocenters. The maximum Gasteiger partial charge on any atom is 0.0329 e. The summed E-state index contributed by atoms with van der Waals surface area (Å²) in [6, 6.07) is 0.794. The van der Waals surface area contributed by atoms with Gasteiger partial charge in [0.1, 0.15) is 0 Å². The Bertz CT molecular complexity index is 224. The van der Waals surface area contributed by atoms with Gasteiger partial charge in [-0.3, -0.25) is 4.21 Å². The van der Waals surface area contributed by atoms with Gasteiger partial charge in [-0.2, -0.15) is 0 Å². The second-order valence-electron chi connectivity index (χ2n) is 5.25. The van der Waals surface area contributed by atoms with E-state index in [1.165, 1.54) is 25.7 Å². The zero-order chi connectivity index (χ0) is 10.8. The number of rotatable bonds is 7. The fraction of sp³-hybridized carbons (Fsp3) is 1.00. The third kappa shape index (κ3) is 3.56. The minimum atomic E-state index is -0.655. The van der Waals surface area contributed by atoms with Crippen molar-refractivity contribution in [1.82, 2.24) is 5.32 Å². The molecule has 2 fully saturated rings. The Morgan fingerprint density at radius 2 is 1.80 bits per heavy atom. The molecule has 3 heteroatoms. The van der Waals surface area contributed by atoms with Crippen LogP contribution < -0.4 is 5.32 Å². The summed E-state index contributed by atoms with van der Waals surface area (Å²) in [5, 5.41) is 4.04. The Balaban J connectivity index is 1.65. The largest absolute Gasteiger partial charge is 0.313 e. The molecule has 0 aromatic heterocycles. The van der Waals surface area contributed by atoms with E-state index in [1.807, 2.05) is 6.26 Å². The third-order valence-corrected chi connectivity index (χ3v) is 5.13. The molecule has 2 nitrogen and oxygen atoms in total. The van der Waals surface area contributed by atoms with Gasteiger partial charge in [0.05, 0.1) is 0 Å². The van der Waals surface area contributed by atoms with Crippen LogP contribution in [0.5, 0.6) is 0 Å². The molecule has 0 radical (unpaired) electrons. The molecular weight excluding hydrogens is 206 g/mol. The highest BCUT2D eigenvalue weighted by Crippen LogP contribution is 2.44. The lowest BCUT2D eigenvalue weighted by Crippen LogP contribution is -2.35. The first kappa shape index (κ1) is 11.6. The molecule has 0 aromatic carbocycles. The van der Waals surface area contributed by atoms with Crippen LogP contribution in [-0.2, 0) is 10.8 Å². The van der Waals surface area contributed by atoms with Gasteiger partial charge in [-0.25, -0.2) is 0 Å². The van der Waals surface area contributed by atoms with Crippen molar-refractivity contribution >= 4 is 10.8 Å². The van der Waals surface area contributed by atoms with Crippen LogP contribution in [0.15, 0.2) is 0 Å². The Hall–Kier alpha value is 0.110. The van der Waals surface area contributed by atoms with Gasteiger partial charge in [0.25, 0.3) is 0 Å². The zero-order valence-corrected chi connectivity index (χ0v) is 10.7. The van der Waals surface area contributed by atoms with E-state index < -0.39 is 10.8 Å². The topological polar surface area (TPSA) is 29.1 Å². The summed E-state index contributed by atoms with van der Waals surface area (Å²) in [5.41, 5.74) is 0. The molecule has 2 rings (SSSR count). The lowest BCUT2D eigenvalue weighted by molar-refractivity contribution is 0.414. The van der Waals surface area contributed by atoms with Gasteiger partial charge < -0.3 is 5.32 Å². The normalized spacial score (nSPS) is 25.5. The molecule has 0 amide bonds. The Morgan fingerprint density at radius 3 is 2.20 bits per heavy atom. The van der Waals surface area contributed by atoms with Gasteiger partial charge in [-0.15, -0.1) is 0 Å². The Morgan fingerprint density at radius 1 is 1.27 bits per heavy atom. The minimum Gasteiger partial charge on any atom is -0.313 e. The van der Waals surface area contributed by atoms with Crippen LogP contribution in [0, 0.1) is 11.8 Å². The van der Waals surface area contributed by atoms with Crippen LogP contribution in [0.3, 0.4) is 0 Å². The molecular formula is C12H23NOS. The first-order chi connectivity index (χ1) is 7.18. The second-order valence-corrected chi connectivity index (χ2v) is 7.05. The summed E-state index contributed by atoms with van der Waals surface area (Å²) < 4.78 is 11.2. The van der Waals surface area contributed by atoms with Crippen molar-refractivity contribution in [3.05, 3.63) is 0 Å². The molecule has 2 aliphatic carbocycles. The van der Waals surface area contributed by atoms with Crippen molar-refractivity contribution in [1.29, 1.82) is 0 Å². The zero-order valence-electron chi connectivity index (χ0n) is 9.87. The van der Waals surface area contributed by atoms with E-state index in [9.17, 15) is 4.21 Å². The van der Waals surface area contributed by atoms with Crippen molar-refractivity contribution in [3.8, 4) is 0 Å². The van der Waals surface area contributed by atoms with Crippen LogP contribution in [0.2, 0.25) is 0 Å². The minimum absolute atomic E-state index is 0.344. The highest BCUT2D eigenvalue weighted by atomic mass is 32.2. The summed E-state index contributed by atoms with van der Waals surface area (Å²) in [6.07, 6.45) is 8.60. The summed E-state index contributed by atoms with van der Waals surface area (Å²) in [5.74, 6) is 1.94. The van der Waals surface area contributed by atoms with E-state index >= 15 is 0 Å². The first-order valence-corrected chi connectivity index (χ1v) is 7.86. The van der Waals surface area contributed by atoms with Crippen molar-refractivity contribution in [3.63, 3.8) is 0 Å². The van der Waals surface area contributed by atoms with E-state index in [0.717, 1.165) is 30.8 Å². The van der Waals surface area contributed by atoms with Crippen LogP contribution in [0.1, 0.15) is 39.0 Å². The van der Waals surface area contributed by atoms with E-state index in [4.69, 9.17) is 0 Å². The average molecular weight is 229 g/mol. The standard InChI is InChI=1S/C12H23NOS/c1-9(15(2)14)7-8-13-12(10-3-4-10)11-5-6-11/h9-13H,3-8H2,1-2H3. The molecule has 2 saturated carbocycles. The molecule has 1 N–H and O–H groups in total. The van der Waals surface area contributed by atoms with Gasteiger partial charge in [-0.1, -0.05) is 6.92 Å². The van der Waals surface area contributed by atoms with E-state index in [2.05, 4.69) is 12.2 Å². The fourth-order valence-corrected chi connectivity index (χ4v) is 2.70. The van der Waals surface area contributed by atoms with E-state index in [-0.39, 0.29) is 0 Å². The number of hydrogen-bond donors (Lipinski definition) is 1. The van der Waals surface area contributed by atoms with Crippen molar-refractivity contribution in [2.45, 2.75) is 50.3 Å². The van der Waals surface area contributed by atoms with Gasteiger partial charge in [0.2, 0.25) is 0 Å². The summed E-state index contributed by atoms with van der Waals surface area (Å²) in [4.78, 5) is 0. The van der Waals surface area contributed by atoms with Gasteiger partial charge in [0.15, 0.2) is 0 Å². The fourth-order valence-electron chi connectivity index (χ4n) is 2.25. The Kier molecular flexibility index (Phi) is 3.83. The van der Waals surface area contributed by atoms with Gasteiger partial charge in [-0.05, 0) is 50.5 Å². The molecule has 0 bridgehead atoms. The molecule has 88 valence electrons. The van der Waals surface area contributed by atoms with Gasteiger partial charge in [0, 0.05) is 28.3 Å². The summed E-state index contributed by atoms with van der Waals surface area (Å²) in [7, 11) is -0.655. The molecule has 0 heterocycles. The lowest BCUT2D eigenvalue weighted by atomic mass is 10.1. The maximum absolute atomic E-state index is 11.2. The van der Waals surface area contributed by atoms with E-state index in [1.54, 1.807) is 0 Å². The van der Waals surface area contributed by atoms with Crippen molar-refractivity contribution in [2.24, 2.45) is 11.8 Å². The quantitative estimate of drug-likeness (QED) is 0.722. The highest BCUT2D eigenvalue weighted by molar-refractivity contribution is 7.84. The van der Waals surface area contributed by atoms with Crippen LogP contribution in [0.25, 0.3) is 0 Å². The predicted octanol–water partition coefficient (Wildman–Crippen LogP) is 1.92. The van der Waals surface area contributed by atoms with Crippen LogP contribution in [-0.4, -0.2) is 28.3 Å². The molecule has 15 heavy (non-hydrogen) atoms. The summed E-state index contributed by atoms with van der Waals surface area (Å²) >= 11 is 0. The van der Waals surface area contributed by atoms with Crippen LogP contribution >= 0.6 is 0 Å². The average Bonchev–Trinajstić information content (AvgIpc) is 3.01. The second kappa shape index (κ2) is 4.96. The number of hydrogen-bond acceptors (Lipinski definition) is 2. The molecule has 0 aliphatic heterocycles. The maximum atomic E-state index is 11.2. The molecule has 2 unspecified atom stereocenters. The number of nitrogens with one attached hydrogen (secondary N) is 1. The van der Waals surface area contributed by atoms with Crippen molar-refractivity contribution < 1.29 is 4.21 Å². The molecule has 0 saturated heterocycles. The predicted molar refractivity (Wildman–Crippen MR) is 65.4 cm³/mol. The molecule has 2 aliphatic rings. The van der Waals surface area contributed by atoms with Crippen LogP contribution in [0.4, 0.5) is 0 Å². The third-order valence-electron chi connectivity index (χ3n) is 3.76. The monoisotopic (exact) mass is 229 g/mol. The molecule has 0 aromatic rings. The summed E-state index contributed by atoms with van der Waals surface area (Å²) in [6.45, 7) is 3.14. The van der Waals surface area contributed by atoms with Gasteiger partial charge >= 0.3 is 0 Å². The van der Waals surface area contributed by atoms with Crippen molar-refractivity contribution in [2.75, 3.05) is 12.8 Å². The molecule has 0 spiro atoms. The highest BCUT2D eigenvalue weighted by Gasteiger charge is 2.40. The Labute approximate surface area is 95.7 Å².